The van der Waals surface area contributed by atoms with E-state index in [1.807, 2.05) is 54.6 Å². The number of rotatable bonds is 10. The molecule has 0 unspecified atom stereocenters. The molecule has 1 saturated heterocycles. The second-order valence-corrected chi connectivity index (χ2v) is 10.4. The zero-order valence-electron chi connectivity index (χ0n) is 21.3. The van der Waals surface area contributed by atoms with E-state index in [0.717, 1.165) is 62.2 Å². The van der Waals surface area contributed by atoms with Crippen LogP contribution in [0.4, 0.5) is 0 Å². The van der Waals surface area contributed by atoms with E-state index in [-0.39, 0.29) is 5.91 Å². The van der Waals surface area contributed by atoms with Crippen LogP contribution in [0.1, 0.15) is 58.6 Å². The van der Waals surface area contributed by atoms with Gasteiger partial charge in [0.25, 0.3) is 5.91 Å². The first kappa shape index (κ1) is 27.3. The van der Waals surface area contributed by atoms with Gasteiger partial charge in [-0.2, -0.15) is 0 Å². The molecule has 3 aromatic rings. The highest BCUT2D eigenvalue weighted by Gasteiger charge is 2.22. The maximum atomic E-state index is 12.5. The van der Waals surface area contributed by atoms with E-state index in [1.165, 1.54) is 5.56 Å². The van der Waals surface area contributed by atoms with Crippen LogP contribution in [0.2, 0.25) is 10.0 Å². The number of nitrogens with one attached hydrogen (secondary N) is 1. The third kappa shape index (κ3) is 8.10. The van der Waals surface area contributed by atoms with Gasteiger partial charge in [-0.3, -0.25) is 4.79 Å². The molecule has 0 spiro atoms. The number of carbonyl (C=O) groups excluding carboxylic acids is 1. The van der Waals surface area contributed by atoms with Gasteiger partial charge in [0.1, 0.15) is 5.75 Å². The zero-order chi connectivity index (χ0) is 26.0. The molecule has 1 fully saturated rings. The average Bonchev–Trinajstić information content (AvgIpc) is 2.92. The fourth-order valence-electron chi connectivity index (χ4n) is 4.85. The van der Waals surface area contributed by atoms with Gasteiger partial charge in [0.2, 0.25) is 0 Å². The Morgan fingerprint density at radius 3 is 2.32 bits per heavy atom. The van der Waals surface area contributed by atoms with Gasteiger partial charge in [-0.25, -0.2) is 0 Å². The first-order valence-corrected chi connectivity index (χ1v) is 13.6. The first-order valence-electron chi connectivity index (χ1n) is 12.9. The monoisotopic (exact) mass is 536 g/mol. The van der Waals surface area contributed by atoms with Gasteiger partial charge in [0.15, 0.2) is 0 Å². The van der Waals surface area contributed by atoms with Gasteiger partial charge in [0, 0.05) is 22.2 Å². The van der Waals surface area contributed by atoms with E-state index in [1.54, 1.807) is 13.2 Å². The lowest BCUT2D eigenvalue weighted by molar-refractivity contribution is 0.0952. The summed E-state index contributed by atoms with van der Waals surface area (Å²) in [5, 5.41) is 4.26. The van der Waals surface area contributed by atoms with Crippen LogP contribution in [-0.4, -0.2) is 44.1 Å². The largest absolute Gasteiger partial charge is 0.496 e. The average molecular weight is 538 g/mol. The first-order chi connectivity index (χ1) is 18.0. The van der Waals surface area contributed by atoms with E-state index < -0.39 is 0 Å². The molecule has 194 valence electrons. The summed E-state index contributed by atoms with van der Waals surface area (Å²) in [6, 6.07) is 21.4. The molecule has 1 aliphatic heterocycles. The van der Waals surface area contributed by atoms with Crippen molar-refractivity contribution in [2.75, 3.05) is 33.3 Å². The molecule has 1 aliphatic rings. The van der Waals surface area contributed by atoms with Gasteiger partial charge < -0.3 is 15.0 Å². The molecule has 1 amide bonds. The number of carbonyl (C=O) groups is 1. The number of ether oxygens (including phenoxy) is 1. The highest BCUT2D eigenvalue weighted by atomic mass is 35.5. The molecule has 0 aromatic heterocycles. The van der Waals surface area contributed by atoms with Gasteiger partial charge in [-0.15, -0.1) is 0 Å². The van der Waals surface area contributed by atoms with Crippen molar-refractivity contribution in [3.8, 4) is 5.75 Å². The second-order valence-electron chi connectivity index (χ2n) is 9.48. The molecule has 1 heterocycles. The minimum atomic E-state index is -0.0326. The Kier molecular flexibility index (Phi) is 10.1. The zero-order valence-corrected chi connectivity index (χ0v) is 22.8. The molecule has 3 aromatic carbocycles. The number of para-hydroxylation sites is 1. The minimum absolute atomic E-state index is 0.0326. The van der Waals surface area contributed by atoms with Crippen molar-refractivity contribution in [3.63, 3.8) is 0 Å². The molecule has 37 heavy (non-hydrogen) atoms. The summed E-state index contributed by atoms with van der Waals surface area (Å²) in [5.41, 5.74) is 3.94. The number of nitrogens with zero attached hydrogens (tertiary/aromatic N) is 1. The number of hydrogen-bond donors (Lipinski definition) is 1. The number of amides is 1. The smallest absolute Gasteiger partial charge is 0.251 e. The Labute approximate surface area is 230 Å². The van der Waals surface area contributed by atoms with Crippen LogP contribution >= 0.6 is 23.2 Å². The van der Waals surface area contributed by atoms with E-state index in [9.17, 15) is 4.79 Å². The molecule has 1 N–H and O–H groups in total. The summed E-state index contributed by atoms with van der Waals surface area (Å²) < 4.78 is 5.55. The van der Waals surface area contributed by atoms with Crippen molar-refractivity contribution in [2.45, 2.75) is 31.6 Å². The molecule has 0 radical (unpaired) electrons. The molecule has 4 rings (SSSR count). The fourth-order valence-corrected chi connectivity index (χ4v) is 5.39. The van der Waals surface area contributed by atoms with Crippen molar-refractivity contribution < 1.29 is 9.53 Å². The Morgan fingerprint density at radius 1 is 0.946 bits per heavy atom. The fraction of sp³-hybridized carbons (Fsp3) is 0.323. The number of hydrogen-bond acceptors (Lipinski definition) is 3. The summed E-state index contributed by atoms with van der Waals surface area (Å²) in [7, 11) is 1.75. The van der Waals surface area contributed by atoms with Crippen molar-refractivity contribution in [1.29, 1.82) is 0 Å². The minimum Gasteiger partial charge on any atom is -0.496 e. The van der Waals surface area contributed by atoms with E-state index in [4.69, 9.17) is 27.9 Å². The van der Waals surface area contributed by atoms with E-state index in [2.05, 4.69) is 28.4 Å². The van der Waals surface area contributed by atoms with Crippen LogP contribution < -0.4 is 10.1 Å². The van der Waals surface area contributed by atoms with Crippen LogP contribution in [0.3, 0.4) is 0 Å². The molecule has 0 bridgehead atoms. The van der Waals surface area contributed by atoms with Crippen LogP contribution in [0, 0.1) is 0 Å². The van der Waals surface area contributed by atoms with Gasteiger partial charge in [-0.05, 0) is 104 Å². The number of likely N-dealkylation sites (tertiary alicyclic amines) is 1. The molecule has 0 atom stereocenters. The van der Waals surface area contributed by atoms with Crippen LogP contribution in [0.25, 0.3) is 12.2 Å². The Balaban J connectivity index is 1.14. The molecular formula is C31H34Cl2N2O2. The van der Waals surface area contributed by atoms with Crippen molar-refractivity contribution in [2.24, 2.45) is 0 Å². The summed E-state index contributed by atoms with van der Waals surface area (Å²) in [6.45, 7) is 3.99. The van der Waals surface area contributed by atoms with Crippen molar-refractivity contribution >= 4 is 41.3 Å². The number of piperidine rings is 1. The lowest BCUT2D eigenvalue weighted by atomic mass is 9.89. The summed E-state index contributed by atoms with van der Waals surface area (Å²) in [5.74, 6) is 1.55. The molecule has 0 aliphatic carbocycles. The standard InChI is InChI=1S/C31H34Cl2N2O2/c1-37-30-7-3-2-6-29(30)25-14-18-35(19-15-25)17-5-4-16-34-31(36)26-12-10-23(11-13-26)8-9-24-20-27(32)22-28(33)21-24/h2-3,6-13,20-22,25H,4-5,14-19H2,1H3,(H,34,36)/b9-8+. The third-order valence-corrected chi connectivity index (χ3v) is 7.32. The Morgan fingerprint density at radius 2 is 1.62 bits per heavy atom. The van der Waals surface area contributed by atoms with Gasteiger partial charge >= 0.3 is 0 Å². The highest BCUT2D eigenvalue weighted by molar-refractivity contribution is 6.34. The van der Waals surface area contributed by atoms with Crippen LogP contribution in [0.5, 0.6) is 5.75 Å². The number of benzene rings is 3. The molecule has 6 heteroatoms. The lowest BCUT2D eigenvalue weighted by Crippen LogP contribution is -2.34. The normalized spacial score (nSPS) is 14.7. The molecule has 0 saturated carbocycles. The second kappa shape index (κ2) is 13.7. The number of halogens is 2. The van der Waals surface area contributed by atoms with Crippen LogP contribution in [0.15, 0.2) is 66.7 Å². The predicted octanol–water partition coefficient (Wildman–Crippen LogP) is 7.56. The number of methoxy groups -OCH3 is 1. The maximum absolute atomic E-state index is 12.5. The summed E-state index contributed by atoms with van der Waals surface area (Å²) in [4.78, 5) is 15.1. The SMILES string of the molecule is COc1ccccc1C1CCN(CCCCNC(=O)c2ccc(/C=C/c3cc(Cl)cc(Cl)c3)cc2)CC1. The number of unbranched alkanes of at least 4 members (excludes halogenated alkanes) is 1. The molecular weight excluding hydrogens is 503 g/mol. The predicted molar refractivity (Wildman–Crippen MR) is 155 cm³/mol. The van der Waals surface area contributed by atoms with Crippen molar-refractivity contribution in [3.05, 3.63) is 99.0 Å². The lowest BCUT2D eigenvalue weighted by Gasteiger charge is -2.32. The van der Waals surface area contributed by atoms with Gasteiger partial charge in [0.05, 0.1) is 7.11 Å². The van der Waals surface area contributed by atoms with Crippen molar-refractivity contribution in [1.82, 2.24) is 10.2 Å². The quantitative estimate of drug-likeness (QED) is 0.214. The Bertz CT molecular complexity index is 1180. The molecule has 4 nitrogen and oxygen atoms in total. The van der Waals surface area contributed by atoms with Gasteiger partial charge in [-0.1, -0.05) is 65.7 Å². The third-order valence-electron chi connectivity index (χ3n) is 6.88. The van der Waals surface area contributed by atoms with E-state index in [0.29, 0.717) is 28.1 Å². The topological polar surface area (TPSA) is 41.6 Å². The maximum Gasteiger partial charge on any atom is 0.251 e. The highest BCUT2D eigenvalue weighted by Crippen LogP contribution is 2.34. The summed E-state index contributed by atoms with van der Waals surface area (Å²) in [6.07, 6.45) is 8.30. The van der Waals surface area contributed by atoms with Crippen LogP contribution in [-0.2, 0) is 0 Å². The Hall–Kier alpha value is -2.79. The summed E-state index contributed by atoms with van der Waals surface area (Å²) >= 11 is 12.1. The van der Waals surface area contributed by atoms with E-state index >= 15 is 0 Å².